The Morgan fingerprint density at radius 2 is 2.00 bits per heavy atom. The molecule has 0 saturated heterocycles. The van der Waals surface area contributed by atoms with Crippen molar-refractivity contribution in [3.05, 3.63) is 29.8 Å². The summed E-state index contributed by atoms with van der Waals surface area (Å²) in [5, 5.41) is 10.4. The number of nitrogens with zero attached hydrogens (tertiary/aromatic N) is 4. The van der Waals surface area contributed by atoms with E-state index in [1.165, 1.54) is 6.33 Å². The van der Waals surface area contributed by atoms with Gasteiger partial charge in [-0.15, -0.1) is 0 Å². The average Bonchev–Trinajstić information content (AvgIpc) is 2.82. The molecule has 2 N–H and O–H groups in total. The van der Waals surface area contributed by atoms with Crippen LogP contribution in [0.4, 0.5) is 5.82 Å². The predicted octanol–water partition coefficient (Wildman–Crippen LogP) is 1.46. The number of carbonyl (C=O) groups is 1. The number of hydrogen-bond acceptors (Lipinski definition) is 5. The Labute approximate surface area is 130 Å². The molecule has 0 aliphatic carbocycles. The van der Waals surface area contributed by atoms with Gasteiger partial charge in [0, 0.05) is 30.8 Å². The topological polar surface area (TPSA) is 84.7 Å². The molecule has 0 aliphatic heterocycles. The fraction of sp³-hybridized carbons (Fsp3) is 0.467. The van der Waals surface area contributed by atoms with E-state index in [9.17, 15) is 4.79 Å². The smallest absolute Gasteiger partial charge is 0.222 e. The average molecular weight is 302 g/mol. The highest BCUT2D eigenvalue weighted by molar-refractivity contribution is 5.77. The minimum atomic E-state index is -0.00307. The highest BCUT2D eigenvalue weighted by Gasteiger charge is 2.07. The van der Waals surface area contributed by atoms with Crippen LogP contribution in [0.15, 0.2) is 18.5 Å². The summed E-state index contributed by atoms with van der Waals surface area (Å²) in [7, 11) is 0. The number of hydrogen-bond donors (Lipinski definition) is 2. The Balaban J connectivity index is 1.95. The van der Waals surface area contributed by atoms with Crippen LogP contribution in [0, 0.1) is 19.8 Å². The highest BCUT2D eigenvalue weighted by Crippen LogP contribution is 2.11. The zero-order valence-corrected chi connectivity index (χ0v) is 13.4. The van der Waals surface area contributed by atoms with Gasteiger partial charge in [0.05, 0.1) is 5.69 Å². The van der Waals surface area contributed by atoms with Crippen LogP contribution in [0.2, 0.25) is 0 Å². The first-order valence-corrected chi connectivity index (χ1v) is 7.34. The summed E-state index contributed by atoms with van der Waals surface area (Å²) in [6.45, 7) is 8.82. The number of anilines is 1. The predicted molar refractivity (Wildman–Crippen MR) is 85.0 cm³/mol. The van der Waals surface area contributed by atoms with Crippen LogP contribution in [0.1, 0.15) is 25.2 Å². The summed E-state index contributed by atoms with van der Waals surface area (Å²) in [6, 6.07) is 3.83. The van der Waals surface area contributed by atoms with Gasteiger partial charge >= 0.3 is 0 Å². The maximum atomic E-state index is 11.5. The first kappa shape index (κ1) is 15.9. The maximum absolute atomic E-state index is 11.5. The van der Waals surface area contributed by atoms with Gasteiger partial charge in [-0.2, -0.15) is 5.10 Å². The summed E-state index contributed by atoms with van der Waals surface area (Å²) in [5.74, 6) is 1.47. The molecule has 7 heteroatoms. The van der Waals surface area contributed by atoms with E-state index in [2.05, 4.69) is 25.7 Å². The third-order valence-corrected chi connectivity index (χ3v) is 3.13. The van der Waals surface area contributed by atoms with Crippen LogP contribution in [-0.2, 0) is 4.79 Å². The van der Waals surface area contributed by atoms with E-state index in [1.54, 1.807) is 4.68 Å². The van der Waals surface area contributed by atoms with Gasteiger partial charge in [0.15, 0.2) is 5.82 Å². The first-order chi connectivity index (χ1) is 10.5. The van der Waals surface area contributed by atoms with Crippen molar-refractivity contribution in [3.63, 3.8) is 0 Å². The SMILES string of the molecule is Cc1cc(C)n(-c2cc(NCCNC(=O)C(C)C)ncn2)n1. The van der Waals surface area contributed by atoms with Crippen LogP contribution >= 0.6 is 0 Å². The van der Waals surface area contributed by atoms with Gasteiger partial charge in [-0.25, -0.2) is 14.6 Å². The summed E-state index contributed by atoms with van der Waals surface area (Å²) in [5.41, 5.74) is 1.97. The zero-order valence-electron chi connectivity index (χ0n) is 13.4. The molecule has 0 radical (unpaired) electrons. The number of aryl methyl sites for hydroxylation is 2. The van der Waals surface area contributed by atoms with Gasteiger partial charge in [-0.1, -0.05) is 13.8 Å². The summed E-state index contributed by atoms with van der Waals surface area (Å²) in [6.07, 6.45) is 1.50. The van der Waals surface area contributed by atoms with Crippen molar-refractivity contribution in [2.24, 2.45) is 5.92 Å². The van der Waals surface area contributed by atoms with E-state index >= 15 is 0 Å². The van der Waals surface area contributed by atoms with Gasteiger partial charge in [0.2, 0.25) is 5.91 Å². The van der Waals surface area contributed by atoms with Crippen LogP contribution in [0.5, 0.6) is 0 Å². The van der Waals surface area contributed by atoms with E-state index in [1.807, 2.05) is 39.8 Å². The van der Waals surface area contributed by atoms with Crippen LogP contribution < -0.4 is 10.6 Å². The van der Waals surface area contributed by atoms with Gasteiger partial charge in [-0.3, -0.25) is 4.79 Å². The molecule has 0 spiro atoms. The Hall–Kier alpha value is -2.44. The van der Waals surface area contributed by atoms with E-state index in [-0.39, 0.29) is 11.8 Å². The lowest BCUT2D eigenvalue weighted by Crippen LogP contribution is -2.32. The second-order valence-electron chi connectivity index (χ2n) is 5.47. The number of rotatable bonds is 6. The summed E-state index contributed by atoms with van der Waals surface area (Å²) in [4.78, 5) is 19.9. The fourth-order valence-corrected chi connectivity index (χ4v) is 2.00. The van der Waals surface area contributed by atoms with Crippen LogP contribution in [0.3, 0.4) is 0 Å². The van der Waals surface area contributed by atoms with E-state index in [0.717, 1.165) is 11.4 Å². The molecule has 0 aromatic carbocycles. The molecule has 0 saturated carbocycles. The van der Waals surface area contributed by atoms with Gasteiger partial charge in [0.25, 0.3) is 0 Å². The third kappa shape index (κ3) is 4.03. The standard InChI is InChI=1S/C15H22N6O/c1-10(2)15(22)17-6-5-16-13-8-14(19-9-18-13)21-12(4)7-11(3)20-21/h7-10H,5-6H2,1-4H3,(H,17,22)(H,16,18,19). The zero-order chi connectivity index (χ0) is 16.1. The van der Waals surface area contributed by atoms with Crippen molar-refractivity contribution in [1.82, 2.24) is 25.1 Å². The molecule has 2 aromatic heterocycles. The van der Waals surface area contributed by atoms with E-state index in [0.29, 0.717) is 24.7 Å². The monoisotopic (exact) mass is 302 g/mol. The Morgan fingerprint density at radius 3 is 2.64 bits per heavy atom. The molecule has 2 rings (SSSR count). The van der Waals surface area contributed by atoms with Gasteiger partial charge in [-0.05, 0) is 19.9 Å². The lowest BCUT2D eigenvalue weighted by molar-refractivity contribution is -0.123. The highest BCUT2D eigenvalue weighted by atomic mass is 16.1. The number of carbonyl (C=O) groups excluding carboxylic acids is 1. The number of aromatic nitrogens is 4. The molecule has 0 bridgehead atoms. The van der Waals surface area contributed by atoms with Crippen LogP contribution in [-0.4, -0.2) is 38.7 Å². The molecule has 22 heavy (non-hydrogen) atoms. The Kier molecular flexibility index (Phi) is 5.08. The van der Waals surface area contributed by atoms with E-state index in [4.69, 9.17) is 0 Å². The minimum Gasteiger partial charge on any atom is -0.368 e. The molecule has 7 nitrogen and oxygen atoms in total. The second-order valence-corrected chi connectivity index (χ2v) is 5.47. The molecule has 118 valence electrons. The van der Waals surface area contributed by atoms with Gasteiger partial charge < -0.3 is 10.6 Å². The molecular formula is C15H22N6O. The van der Waals surface area contributed by atoms with Crippen molar-refractivity contribution in [3.8, 4) is 5.82 Å². The third-order valence-electron chi connectivity index (χ3n) is 3.13. The molecule has 0 fully saturated rings. The largest absolute Gasteiger partial charge is 0.368 e. The molecule has 2 heterocycles. The van der Waals surface area contributed by atoms with Crippen molar-refractivity contribution < 1.29 is 4.79 Å². The molecule has 0 aliphatic rings. The molecule has 0 unspecified atom stereocenters. The molecule has 1 amide bonds. The van der Waals surface area contributed by atoms with Gasteiger partial charge in [0.1, 0.15) is 12.1 Å². The van der Waals surface area contributed by atoms with Crippen LogP contribution in [0.25, 0.3) is 5.82 Å². The maximum Gasteiger partial charge on any atom is 0.222 e. The minimum absolute atomic E-state index is 0.00307. The normalized spacial score (nSPS) is 10.8. The van der Waals surface area contributed by atoms with E-state index < -0.39 is 0 Å². The summed E-state index contributed by atoms with van der Waals surface area (Å²) >= 11 is 0. The lowest BCUT2D eigenvalue weighted by atomic mass is 10.2. The fourth-order valence-electron chi connectivity index (χ4n) is 2.00. The first-order valence-electron chi connectivity index (χ1n) is 7.34. The lowest BCUT2D eigenvalue weighted by Gasteiger charge is -2.10. The Bertz CT molecular complexity index is 649. The Morgan fingerprint density at radius 1 is 1.23 bits per heavy atom. The number of amides is 1. The summed E-state index contributed by atoms with van der Waals surface area (Å²) < 4.78 is 1.78. The number of nitrogens with one attached hydrogen (secondary N) is 2. The van der Waals surface area contributed by atoms with Crippen molar-refractivity contribution in [2.45, 2.75) is 27.7 Å². The quantitative estimate of drug-likeness (QED) is 0.789. The van der Waals surface area contributed by atoms with Crippen molar-refractivity contribution in [1.29, 1.82) is 0 Å². The van der Waals surface area contributed by atoms with Crippen molar-refractivity contribution in [2.75, 3.05) is 18.4 Å². The molecular weight excluding hydrogens is 280 g/mol. The van der Waals surface area contributed by atoms with Crippen molar-refractivity contribution >= 4 is 11.7 Å². The second kappa shape index (κ2) is 7.02. The molecule has 2 aromatic rings. The molecule has 0 atom stereocenters.